The number of hydrogen-bond acceptors (Lipinski definition) is 3. The Labute approximate surface area is 128 Å². The van der Waals surface area contributed by atoms with E-state index in [1.807, 2.05) is 0 Å². The largest absolute Gasteiger partial charge is 0.389 e. The lowest BCUT2D eigenvalue weighted by molar-refractivity contribution is 0.0142. The van der Waals surface area contributed by atoms with Gasteiger partial charge in [0.25, 0.3) is 0 Å². The molecule has 0 saturated heterocycles. The molecule has 21 heavy (non-hydrogen) atoms. The summed E-state index contributed by atoms with van der Waals surface area (Å²) in [5, 5.41) is 15.2. The van der Waals surface area contributed by atoms with E-state index in [1.165, 1.54) is 44.9 Å². The lowest BCUT2D eigenvalue weighted by Crippen LogP contribution is -2.38. The van der Waals surface area contributed by atoms with Crippen molar-refractivity contribution in [2.45, 2.75) is 76.0 Å². The topological polar surface area (TPSA) is 41.3 Å². The lowest BCUT2D eigenvalue weighted by Gasteiger charge is -2.28. The molecule has 4 heteroatoms. The van der Waals surface area contributed by atoms with Crippen LogP contribution in [-0.4, -0.2) is 39.0 Å². The van der Waals surface area contributed by atoms with Gasteiger partial charge in [0.2, 0.25) is 0 Å². The molecule has 0 unspecified atom stereocenters. The molecule has 0 amide bonds. The normalized spacial score (nSPS) is 23.0. The fraction of sp³-hybridized carbons (Fsp3) is 0.824. The first-order valence-corrected chi connectivity index (χ1v) is 8.60. The summed E-state index contributed by atoms with van der Waals surface area (Å²) in [6.07, 6.45) is 13.0. The highest BCUT2D eigenvalue weighted by molar-refractivity contribution is 5.00. The number of aromatic nitrogens is 2. The van der Waals surface area contributed by atoms with Gasteiger partial charge < -0.3 is 5.11 Å². The average molecular weight is 291 g/mol. The molecule has 0 radical (unpaired) electrons. The van der Waals surface area contributed by atoms with E-state index in [-0.39, 0.29) is 0 Å². The second-order valence-electron chi connectivity index (χ2n) is 7.18. The van der Waals surface area contributed by atoms with Crippen LogP contribution in [0.2, 0.25) is 0 Å². The van der Waals surface area contributed by atoms with Gasteiger partial charge in [-0.2, -0.15) is 5.10 Å². The van der Waals surface area contributed by atoms with Crippen LogP contribution in [0, 0.1) is 0 Å². The number of rotatable bonds is 5. The van der Waals surface area contributed by atoms with Crippen molar-refractivity contribution in [3.63, 3.8) is 0 Å². The SMILES string of the molecule is CN(Cc1ccn(C2CCCCC2)n1)CC1(O)CCCC1. The van der Waals surface area contributed by atoms with Crippen LogP contribution in [0.25, 0.3) is 0 Å². The molecule has 3 rings (SSSR count). The second-order valence-corrected chi connectivity index (χ2v) is 7.18. The minimum Gasteiger partial charge on any atom is -0.389 e. The van der Waals surface area contributed by atoms with Crippen molar-refractivity contribution in [2.24, 2.45) is 0 Å². The molecule has 2 aliphatic rings. The summed E-state index contributed by atoms with van der Waals surface area (Å²) in [6.45, 7) is 1.60. The van der Waals surface area contributed by atoms with Gasteiger partial charge in [-0.15, -0.1) is 0 Å². The predicted octanol–water partition coefficient (Wildman–Crippen LogP) is 3.13. The minimum absolute atomic E-state index is 0.458. The van der Waals surface area contributed by atoms with E-state index in [4.69, 9.17) is 5.10 Å². The van der Waals surface area contributed by atoms with Gasteiger partial charge in [0.05, 0.1) is 17.3 Å². The van der Waals surface area contributed by atoms with Gasteiger partial charge in [-0.1, -0.05) is 32.1 Å². The molecule has 4 nitrogen and oxygen atoms in total. The molecule has 1 heterocycles. The summed E-state index contributed by atoms with van der Waals surface area (Å²) < 4.78 is 2.17. The number of hydrogen-bond donors (Lipinski definition) is 1. The molecule has 2 saturated carbocycles. The fourth-order valence-corrected chi connectivity index (χ4v) is 4.04. The summed E-state index contributed by atoms with van der Waals surface area (Å²) in [4.78, 5) is 2.22. The molecular weight excluding hydrogens is 262 g/mol. The quantitative estimate of drug-likeness (QED) is 0.906. The van der Waals surface area contributed by atoms with Crippen LogP contribution >= 0.6 is 0 Å². The molecule has 0 atom stereocenters. The number of nitrogens with zero attached hydrogens (tertiary/aromatic N) is 3. The van der Waals surface area contributed by atoms with E-state index < -0.39 is 5.60 Å². The van der Waals surface area contributed by atoms with Crippen LogP contribution < -0.4 is 0 Å². The Kier molecular flexibility index (Phi) is 4.65. The maximum absolute atomic E-state index is 10.5. The van der Waals surface area contributed by atoms with Crippen LogP contribution in [0.15, 0.2) is 12.3 Å². The molecule has 1 aromatic heterocycles. The fourth-order valence-electron chi connectivity index (χ4n) is 4.04. The third-order valence-electron chi connectivity index (χ3n) is 5.14. The molecule has 1 aromatic rings. The van der Waals surface area contributed by atoms with Crippen LogP contribution in [0.3, 0.4) is 0 Å². The average Bonchev–Trinajstić information content (AvgIpc) is 3.09. The van der Waals surface area contributed by atoms with Crippen LogP contribution in [0.1, 0.15) is 69.5 Å². The third-order valence-corrected chi connectivity index (χ3v) is 5.14. The monoisotopic (exact) mass is 291 g/mol. The first kappa shape index (κ1) is 15.0. The molecule has 2 fully saturated rings. The van der Waals surface area contributed by atoms with Gasteiger partial charge in [0.15, 0.2) is 0 Å². The van der Waals surface area contributed by atoms with E-state index in [9.17, 15) is 5.11 Å². The van der Waals surface area contributed by atoms with E-state index in [2.05, 4.69) is 28.9 Å². The lowest BCUT2D eigenvalue weighted by atomic mass is 9.96. The van der Waals surface area contributed by atoms with Gasteiger partial charge in [0, 0.05) is 19.3 Å². The van der Waals surface area contributed by atoms with Crippen molar-refractivity contribution < 1.29 is 5.11 Å². The number of likely N-dealkylation sites (N-methyl/N-ethyl adjacent to an activating group) is 1. The Morgan fingerprint density at radius 2 is 1.95 bits per heavy atom. The Balaban J connectivity index is 1.53. The summed E-state index contributed by atoms with van der Waals surface area (Å²) in [6, 6.07) is 2.75. The third kappa shape index (κ3) is 3.86. The van der Waals surface area contributed by atoms with E-state index >= 15 is 0 Å². The molecular formula is C17H29N3O. The van der Waals surface area contributed by atoms with E-state index in [0.717, 1.165) is 31.6 Å². The maximum atomic E-state index is 10.5. The summed E-state index contributed by atoms with van der Waals surface area (Å²) in [5.41, 5.74) is 0.672. The highest BCUT2D eigenvalue weighted by Crippen LogP contribution is 2.30. The van der Waals surface area contributed by atoms with Gasteiger partial charge in [-0.3, -0.25) is 9.58 Å². The van der Waals surface area contributed by atoms with Gasteiger partial charge >= 0.3 is 0 Å². The van der Waals surface area contributed by atoms with E-state index in [1.54, 1.807) is 0 Å². The van der Waals surface area contributed by atoms with Crippen LogP contribution in [-0.2, 0) is 6.54 Å². The van der Waals surface area contributed by atoms with E-state index in [0.29, 0.717) is 6.04 Å². The van der Waals surface area contributed by atoms with Crippen molar-refractivity contribution in [1.82, 2.24) is 14.7 Å². The molecule has 118 valence electrons. The highest BCUT2D eigenvalue weighted by Gasteiger charge is 2.32. The molecule has 2 aliphatic carbocycles. The second kappa shape index (κ2) is 6.49. The molecule has 0 aliphatic heterocycles. The van der Waals surface area contributed by atoms with Crippen LogP contribution in [0.4, 0.5) is 0 Å². The minimum atomic E-state index is -0.458. The Bertz CT molecular complexity index is 445. The van der Waals surface area contributed by atoms with Crippen molar-refractivity contribution in [3.05, 3.63) is 18.0 Å². The highest BCUT2D eigenvalue weighted by atomic mass is 16.3. The zero-order chi connectivity index (χ0) is 14.7. The van der Waals surface area contributed by atoms with Crippen molar-refractivity contribution in [1.29, 1.82) is 0 Å². The van der Waals surface area contributed by atoms with Gasteiger partial charge in [0.1, 0.15) is 0 Å². The molecule has 1 N–H and O–H groups in total. The predicted molar refractivity (Wildman–Crippen MR) is 84.1 cm³/mol. The zero-order valence-corrected chi connectivity index (χ0v) is 13.3. The zero-order valence-electron chi connectivity index (χ0n) is 13.3. The Hall–Kier alpha value is -0.870. The Morgan fingerprint density at radius 3 is 2.67 bits per heavy atom. The number of aliphatic hydroxyl groups is 1. The van der Waals surface area contributed by atoms with Crippen LogP contribution in [0.5, 0.6) is 0 Å². The standard InChI is InChI=1S/C17H29N3O/c1-19(14-17(21)10-5-6-11-17)13-15-9-12-20(18-15)16-7-3-2-4-8-16/h9,12,16,21H,2-8,10-11,13-14H2,1H3. The first-order valence-electron chi connectivity index (χ1n) is 8.60. The summed E-state index contributed by atoms with van der Waals surface area (Å²) >= 11 is 0. The van der Waals surface area contributed by atoms with Crippen molar-refractivity contribution in [3.8, 4) is 0 Å². The molecule has 0 bridgehead atoms. The Morgan fingerprint density at radius 1 is 1.24 bits per heavy atom. The summed E-state index contributed by atoms with van der Waals surface area (Å²) in [7, 11) is 2.09. The van der Waals surface area contributed by atoms with Gasteiger partial charge in [-0.25, -0.2) is 0 Å². The van der Waals surface area contributed by atoms with Crippen molar-refractivity contribution in [2.75, 3.05) is 13.6 Å². The van der Waals surface area contributed by atoms with Crippen molar-refractivity contribution >= 4 is 0 Å². The first-order chi connectivity index (χ1) is 10.1. The molecule has 0 spiro atoms. The maximum Gasteiger partial charge on any atom is 0.0774 e. The van der Waals surface area contributed by atoms with Gasteiger partial charge in [-0.05, 0) is 38.8 Å². The molecule has 0 aromatic carbocycles. The smallest absolute Gasteiger partial charge is 0.0774 e. The summed E-state index contributed by atoms with van der Waals surface area (Å²) in [5.74, 6) is 0.